The van der Waals surface area contributed by atoms with Crippen molar-refractivity contribution in [1.29, 1.82) is 0 Å². The number of ketones is 1. The third-order valence-corrected chi connectivity index (χ3v) is 5.86. The summed E-state index contributed by atoms with van der Waals surface area (Å²) in [6, 6.07) is 19.6. The molecule has 1 aliphatic heterocycles. The average molecular weight is 415 g/mol. The van der Waals surface area contributed by atoms with Gasteiger partial charge in [-0.15, -0.1) is 0 Å². The summed E-state index contributed by atoms with van der Waals surface area (Å²) in [6.45, 7) is 4.03. The van der Waals surface area contributed by atoms with Crippen molar-refractivity contribution in [3.05, 3.63) is 89.5 Å². The third kappa shape index (κ3) is 3.83. The van der Waals surface area contributed by atoms with Gasteiger partial charge in [0.25, 0.3) is 0 Å². The van der Waals surface area contributed by atoms with Crippen LogP contribution in [0.25, 0.3) is 0 Å². The lowest BCUT2D eigenvalue weighted by Gasteiger charge is -2.29. The smallest absolute Gasteiger partial charge is 0.163 e. The number of nitrogens with one attached hydrogen (secondary N) is 2. The number of carbonyl (C=O) groups is 1. The summed E-state index contributed by atoms with van der Waals surface area (Å²) in [5.74, 6) is 1.86. The van der Waals surface area contributed by atoms with E-state index in [0.29, 0.717) is 6.42 Å². The standard InChI is InChI=1S/C26H26N2O3/c1-16(2)31-19-11-9-17(10-12-19)18-14-22-25(23(29)15-18)26(24-8-5-13-30-24)28-21-7-4-3-6-20(21)27-22/h3-13,16,18,26-28H,14-15H2,1-2H3. The van der Waals surface area contributed by atoms with Crippen molar-refractivity contribution in [3.8, 4) is 5.75 Å². The van der Waals surface area contributed by atoms with Crippen LogP contribution in [-0.4, -0.2) is 11.9 Å². The molecule has 2 atom stereocenters. The molecule has 2 aromatic carbocycles. The fraction of sp³-hybridized carbons (Fsp3) is 0.269. The van der Waals surface area contributed by atoms with Crippen molar-refractivity contribution in [1.82, 2.24) is 0 Å². The molecule has 0 saturated carbocycles. The molecule has 1 aliphatic carbocycles. The zero-order chi connectivity index (χ0) is 21.4. The lowest BCUT2D eigenvalue weighted by atomic mass is 9.79. The number of carbonyl (C=O) groups excluding carboxylic acids is 1. The molecule has 158 valence electrons. The van der Waals surface area contributed by atoms with Crippen LogP contribution < -0.4 is 15.4 Å². The molecule has 3 aromatic rings. The Labute approximate surface area is 182 Å². The van der Waals surface area contributed by atoms with E-state index in [1.54, 1.807) is 6.26 Å². The first-order chi connectivity index (χ1) is 15.1. The van der Waals surface area contributed by atoms with E-state index in [1.807, 2.05) is 62.4 Å². The van der Waals surface area contributed by atoms with Crippen LogP contribution in [0, 0.1) is 0 Å². The minimum absolute atomic E-state index is 0.120. The zero-order valence-corrected chi connectivity index (χ0v) is 17.7. The van der Waals surface area contributed by atoms with Gasteiger partial charge < -0.3 is 19.8 Å². The highest BCUT2D eigenvalue weighted by Gasteiger charge is 2.37. The fourth-order valence-corrected chi connectivity index (χ4v) is 4.49. The number of furan rings is 1. The highest BCUT2D eigenvalue weighted by molar-refractivity contribution is 6.01. The maximum atomic E-state index is 13.4. The molecule has 1 aromatic heterocycles. The topological polar surface area (TPSA) is 63.5 Å². The van der Waals surface area contributed by atoms with E-state index < -0.39 is 0 Å². The first-order valence-corrected chi connectivity index (χ1v) is 10.8. The SMILES string of the molecule is CC(C)Oc1ccc(C2CC(=O)C3=C(C2)Nc2ccccc2NC3c2ccco2)cc1. The average Bonchev–Trinajstić information content (AvgIpc) is 3.22. The molecule has 0 fully saturated rings. The number of anilines is 2. The number of fused-ring (bicyclic) bond motifs is 1. The Kier molecular flexibility index (Phi) is 5.02. The van der Waals surface area contributed by atoms with Crippen molar-refractivity contribution in [3.63, 3.8) is 0 Å². The maximum Gasteiger partial charge on any atom is 0.163 e. The van der Waals surface area contributed by atoms with E-state index >= 15 is 0 Å². The molecule has 2 aliphatic rings. The molecule has 0 spiro atoms. The van der Waals surface area contributed by atoms with Gasteiger partial charge >= 0.3 is 0 Å². The number of Topliss-reactive ketones (excluding diaryl/α,β-unsaturated/α-hetero) is 1. The first-order valence-electron chi connectivity index (χ1n) is 10.8. The lowest BCUT2D eigenvalue weighted by Crippen LogP contribution is -2.26. The molecule has 0 amide bonds. The van der Waals surface area contributed by atoms with E-state index in [0.717, 1.165) is 46.1 Å². The molecule has 0 bridgehead atoms. The zero-order valence-electron chi connectivity index (χ0n) is 17.7. The van der Waals surface area contributed by atoms with Crippen molar-refractivity contribution in [2.75, 3.05) is 10.6 Å². The minimum atomic E-state index is -0.309. The molecule has 2 N–H and O–H groups in total. The number of benzene rings is 2. The number of rotatable bonds is 4. The predicted octanol–water partition coefficient (Wildman–Crippen LogP) is 6.05. The summed E-state index contributed by atoms with van der Waals surface area (Å²) in [5.41, 5.74) is 4.80. The van der Waals surface area contributed by atoms with Crippen LogP contribution in [0.15, 0.2) is 82.6 Å². The Morgan fingerprint density at radius 2 is 1.74 bits per heavy atom. The van der Waals surface area contributed by atoms with Gasteiger partial charge in [0.2, 0.25) is 0 Å². The van der Waals surface area contributed by atoms with Gasteiger partial charge in [0.1, 0.15) is 17.6 Å². The summed E-state index contributed by atoms with van der Waals surface area (Å²) >= 11 is 0. The Morgan fingerprint density at radius 3 is 2.45 bits per heavy atom. The van der Waals surface area contributed by atoms with Crippen LogP contribution in [0.3, 0.4) is 0 Å². The summed E-state index contributed by atoms with van der Waals surface area (Å²) in [7, 11) is 0. The third-order valence-electron chi connectivity index (χ3n) is 5.86. The highest BCUT2D eigenvalue weighted by atomic mass is 16.5. The quantitative estimate of drug-likeness (QED) is 0.544. The van der Waals surface area contributed by atoms with Gasteiger partial charge in [-0.3, -0.25) is 4.79 Å². The van der Waals surface area contributed by atoms with Crippen LogP contribution in [0.2, 0.25) is 0 Å². The number of hydrogen-bond donors (Lipinski definition) is 2. The highest BCUT2D eigenvalue weighted by Crippen LogP contribution is 2.44. The van der Waals surface area contributed by atoms with E-state index in [-0.39, 0.29) is 23.8 Å². The van der Waals surface area contributed by atoms with Crippen LogP contribution in [0.4, 0.5) is 11.4 Å². The van der Waals surface area contributed by atoms with Gasteiger partial charge in [0.05, 0.1) is 23.7 Å². The van der Waals surface area contributed by atoms with Crippen molar-refractivity contribution in [2.24, 2.45) is 0 Å². The van der Waals surface area contributed by atoms with E-state index in [4.69, 9.17) is 9.15 Å². The molecule has 5 heteroatoms. The second-order valence-corrected chi connectivity index (χ2v) is 8.42. The Morgan fingerprint density at radius 1 is 0.968 bits per heavy atom. The van der Waals surface area contributed by atoms with Crippen LogP contribution in [0.5, 0.6) is 5.75 Å². The van der Waals surface area contributed by atoms with Crippen molar-refractivity contribution in [2.45, 2.75) is 44.8 Å². The molecular formula is C26H26N2O3. The van der Waals surface area contributed by atoms with Crippen molar-refractivity contribution < 1.29 is 13.9 Å². The van der Waals surface area contributed by atoms with Crippen LogP contribution >= 0.6 is 0 Å². The normalized spacial score (nSPS) is 20.4. The van der Waals surface area contributed by atoms with Gasteiger partial charge in [-0.1, -0.05) is 24.3 Å². The van der Waals surface area contributed by atoms with Gasteiger partial charge in [-0.2, -0.15) is 0 Å². The first kappa shape index (κ1) is 19.5. The monoisotopic (exact) mass is 414 g/mol. The molecule has 2 heterocycles. The molecule has 5 rings (SSSR count). The number of allylic oxidation sites excluding steroid dienone is 1. The van der Waals surface area contributed by atoms with Gasteiger partial charge in [0, 0.05) is 17.7 Å². The lowest BCUT2D eigenvalue weighted by molar-refractivity contribution is -0.116. The van der Waals surface area contributed by atoms with E-state index in [2.05, 4.69) is 22.8 Å². The fourth-order valence-electron chi connectivity index (χ4n) is 4.49. The number of ether oxygens (including phenoxy) is 1. The predicted molar refractivity (Wildman–Crippen MR) is 121 cm³/mol. The maximum absolute atomic E-state index is 13.4. The summed E-state index contributed by atoms with van der Waals surface area (Å²) in [6.07, 6.45) is 3.02. The Hall–Kier alpha value is -3.47. The molecule has 31 heavy (non-hydrogen) atoms. The summed E-state index contributed by atoms with van der Waals surface area (Å²) in [5, 5.41) is 7.07. The summed E-state index contributed by atoms with van der Waals surface area (Å²) in [4.78, 5) is 13.4. The summed E-state index contributed by atoms with van der Waals surface area (Å²) < 4.78 is 11.5. The molecule has 0 radical (unpaired) electrons. The van der Waals surface area contributed by atoms with Gasteiger partial charge in [-0.25, -0.2) is 0 Å². The molecule has 0 saturated heterocycles. The van der Waals surface area contributed by atoms with Crippen LogP contribution in [0.1, 0.15) is 50.0 Å². The molecular weight excluding hydrogens is 388 g/mol. The largest absolute Gasteiger partial charge is 0.491 e. The van der Waals surface area contributed by atoms with Gasteiger partial charge in [-0.05, 0) is 68.1 Å². The second kappa shape index (κ2) is 7.99. The van der Waals surface area contributed by atoms with Crippen molar-refractivity contribution >= 4 is 17.2 Å². The number of para-hydroxylation sites is 2. The minimum Gasteiger partial charge on any atom is -0.491 e. The van der Waals surface area contributed by atoms with E-state index in [1.165, 1.54) is 0 Å². The number of hydrogen-bond acceptors (Lipinski definition) is 5. The Balaban J connectivity index is 1.50. The second-order valence-electron chi connectivity index (χ2n) is 8.42. The van der Waals surface area contributed by atoms with E-state index in [9.17, 15) is 4.79 Å². The Bertz CT molecular complexity index is 1110. The van der Waals surface area contributed by atoms with Gasteiger partial charge in [0.15, 0.2) is 5.78 Å². The molecule has 5 nitrogen and oxygen atoms in total. The van der Waals surface area contributed by atoms with Crippen LogP contribution in [-0.2, 0) is 4.79 Å². The molecule has 2 unspecified atom stereocenters.